The van der Waals surface area contributed by atoms with Crippen LogP contribution in [0.2, 0.25) is 0 Å². The van der Waals surface area contributed by atoms with Gasteiger partial charge in [0.15, 0.2) is 0 Å². The van der Waals surface area contributed by atoms with Crippen molar-refractivity contribution in [3.8, 4) is 0 Å². The molecule has 3 heteroatoms. The van der Waals surface area contributed by atoms with Crippen LogP contribution >= 0.6 is 0 Å². The van der Waals surface area contributed by atoms with Crippen LogP contribution < -0.4 is 5.73 Å². The summed E-state index contributed by atoms with van der Waals surface area (Å²) in [5, 5.41) is 0. The lowest BCUT2D eigenvalue weighted by Crippen LogP contribution is -2.30. The molecule has 0 saturated carbocycles. The number of ether oxygens (including phenoxy) is 2. The van der Waals surface area contributed by atoms with Gasteiger partial charge < -0.3 is 15.2 Å². The first-order valence-electron chi connectivity index (χ1n) is 6.11. The van der Waals surface area contributed by atoms with E-state index in [4.69, 9.17) is 15.2 Å². The summed E-state index contributed by atoms with van der Waals surface area (Å²) >= 11 is 0. The fourth-order valence-corrected chi connectivity index (χ4v) is 1.70. The zero-order valence-corrected chi connectivity index (χ0v) is 11.0. The zero-order chi connectivity index (χ0) is 12.7. The highest BCUT2D eigenvalue weighted by Crippen LogP contribution is 2.22. The van der Waals surface area contributed by atoms with Crippen LogP contribution in [0.4, 0.5) is 0 Å². The smallest absolute Gasteiger partial charge is 0.0976 e. The van der Waals surface area contributed by atoms with Crippen LogP contribution in [0, 0.1) is 6.92 Å². The van der Waals surface area contributed by atoms with Gasteiger partial charge in [-0.1, -0.05) is 36.8 Å². The summed E-state index contributed by atoms with van der Waals surface area (Å²) < 4.78 is 10.8. The molecule has 0 bridgehead atoms. The Kier molecular flexibility index (Phi) is 6.19. The molecule has 0 heterocycles. The number of benzene rings is 1. The van der Waals surface area contributed by atoms with Gasteiger partial charge in [0, 0.05) is 13.2 Å². The molecule has 96 valence electrons. The minimum Gasteiger partial charge on any atom is -0.382 e. The largest absolute Gasteiger partial charge is 0.382 e. The van der Waals surface area contributed by atoms with Crippen molar-refractivity contribution in [2.75, 3.05) is 20.3 Å². The summed E-state index contributed by atoms with van der Waals surface area (Å²) in [6, 6.07) is 8.37. The molecule has 0 spiro atoms. The van der Waals surface area contributed by atoms with Gasteiger partial charge in [0.05, 0.1) is 19.3 Å². The molecular weight excluding hydrogens is 214 g/mol. The highest BCUT2D eigenvalue weighted by Gasteiger charge is 2.18. The molecular formula is C14H23NO2. The van der Waals surface area contributed by atoms with E-state index in [9.17, 15) is 0 Å². The average molecular weight is 237 g/mol. The minimum absolute atomic E-state index is 0.0227. The van der Waals surface area contributed by atoms with Crippen molar-refractivity contribution in [1.29, 1.82) is 0 Å². The minimum atomic E-state index is -0.0456. The summed E-state index contributed by atoms with van der Waals surface area (Å²) in [5.41, 5.74) is 8.49. The Morgan fingerprint density at radius 3 is 2.35 bits per heavy atom. The maximum Gasteiger partial charge on any atom is 0.0976 e. The molecule has 0 saturated heterocycles. The molecule has 0 aromatic heterocycles. The first-order chi connectivity index (χ1) is 8.19. The fourth-order valence-electron chi connectivity index (χ4n) is 1.70. The van der Waals surface area contributed by atoms with Crippen molar-refractivity contribution < 1.29 is 9.47 Å². The van der Waals surface area contributed by atoms with Gasteiger partial charge in [-0.2, -0.15) is 0 Å². The molecule has 3 nitrogen and oxygen atoms in total. The predicted molar refractivity (Wildman–Crippen MR) is 70.0 cm³/mol. The van der Waals surface area contributed by atoms with E-state index in [2.05, 4.69) is 38.1 Å². The molecule has 1 rings (SSSR count). The number of rotatable bonds is 7. The van der Waals surface area contributed by atoms with Crippen LogP contribution in [-0.2, 0) is 9.47 Å². The van der Waals surface area contributed by atoms with Crippen molar-refractivity contribution in [2.24, 2.45) is 5.73 Å². The molecule has 0 aliphatic rings. The molecule has 2 unspecified atom stereocenters. The summed E-state index contributed by atoms with van der Waals surface area (Å²) in [6.45, 7) is 5.32. The molecule has 2 atom stereocenters. The van der Waals surface area contributed by atoms with E-state index in [0.29, 0.717) is 13.2 Å². The fraction of sp³-hybridized carbons (Fsp3) is 0.571. The van der Waals surface area contributed by atoms with Crippen LogP contribution in [0.1, 0.15) is 30.6 Å². The normalized spacial score (nSPS) is 14.6. The Morgan fingerprint density at radius 1 is 1.18 bits per heavy atom. The Morgan fingerprint density at radius 2 is 1.82 bits per heavy atom. The van der Waals surface area contributed by atoms with Crippen molar-refractivity contribution in [2.45, 2.75) is 32.4 Å². The number of nitrogens with two attached hydrogens (primary N) is 1. The van der Waals surface area contributed by atoms with E-state index in [1.165, 1.54) is 5.56 Å². The third-order valence-electron chi connectivity index (χ3n) is 2.85. The van der Waals surface area contributed by atoms with Crippen molar-refractivity contribution in [3.63, 3.8) is 0 Å². The Labute approximate surface area is 104 Å². The maximum atomic E-state index is 6.10. The molecule has 0 fully saturated rings. The second-order valence-electron chi connectivity index (χ2n) is 4.27. The summed E-state index contributed by atoms with van der Waals surface area (Å²) in [6.07, 6.45) is 0.849. The highest BCUT2D eigenvalue weighted by atomic mass is 16.5. The van der Waals surface area contributed by atoms with Crippen LogP contribution in [0.3, 0.4) is 0 Å². The van der Waals surface area contributed by atoms with Gasteiger partial charge in [0.2, 0.25) is 0 Å². The molecule has 1 aromatic carbocycles. The van der Waals surface area contributed by atoms with E-state index in [-0.39, 0.29) is 12.1 Å². The molecule has 0 aliphatic carbocycles. The topological polar surface area (TPSA) is 44.5 Å². The third kappa shape index (κ3) is 4.46. The number of methoxy groups -OCH3 is 1. The highest BCUT2D eigenvalue weighted by molar-refractivity contribution is 5.24. The quantitative estimate of drug-likeness (QED) is 0.741. The van der Waals surface area contributed by atoms with Crippen LogP contribution in [0.15, 0.2) is 24.3 Å². The summed E-state index contributed by atoms with van der Waals surface area (Å²) in [4.78, 5) is 0. The van der Waals surface area contributed by atoms with Gasteiger partial charge in [0.25, 0.3) is 0 Å². The van der Waals surface area contributed by atoms with E-state index >= 15 is 0 Å². The molecule has 0 aliphatic heterocycles. The Hall–Kier alpha value is -0.900. The van der Waals surface area contributed by atoms with Crippen LogP contribution in [0.5, 0.6) is 0 Å². The van der Waals surface area contributed by atoms with Gasteiger partial charge in [-0.05, 0) is 18.9 Å². The maximum absolute atomic E-state index is 6.10. The number of hydrogen-bond donors (Lipinski definition) is 1. The summed E-state index contributed by atoms with van der Waals surface area (Å²) in [5.74, 6) is 0. The first-order valence-corrected chi connectivity index (χ1v) is 6.11. The first kappa shape index (κ1) is 14.2. The zero-order valence-electron chi connectivity index (χ0n) is 11.0. The lowest BCUT2D eigenvalue weighted by atomic mass is 10.00. The standard InChI is InChI=1S/C14H23NO2/c1-4-13(15)14(17-10-9-16-3)12-7-5-11(2)6-8-12/h5-8,13-14H,4,9-10,15H2,1-3H3. The Balaban J connectivity index is 2.71. The van der Waals surface area contributed by atoms with E-state index in [1.807, 2.05) is 0 Å². The molecule has 17 heavy (non-hydrogen) atoms. The average Bonchev–Trinajstić information content (AvgIpc) is 2.35. The number of hydrogen-bond acceptors (Lipinski definition) is 3. The van der Waals surface area contributed by atoms with Gasteiger partial charge in [0.1, 0.15) is 0 Å². The monoisotopic (exact) mass is 237 g/mol. The second kappa shape index (κ2) is 7.43. The van der Waals surface area contributed by atoms with Gasteiger partial charge in [-0.25, -0.2) is 0 Å². The lowest BCUT2D eigenvalue weighted by molar-refractivity contribution is 0.00272. The molecule has 1 aromatic rings. The van der Waals surface area contributed by atoms with Crippen LogP contribution in [-0.4, -0.2) is 26.4 Å². The van der Waals surface area contributed by atoms with E-state index in [0.717, 1.165) is 12.0 Å². The van der Waals surface area contributed by atoms with E-state index in [1.54, 1.807) is 7.11 Å². The predicted octanol–water partition coefficient (Wildman–Crippen LogP) is 2.44. The lowest BCUT2D eigenvalue weighted by Gasteiger charge is -2.24. The second-order valence-corrected chi connectivity index (χ2v) is 4.27. The van der Waals surface area contributed by atoms with Crippen molar-refractivity contribution in [1.82, 2.24) is 0 Å². The number of aryl methyl sites for hydroxylation is 1. The van der Waals surface area contributed by atoms with Crippen LogP contribution in [0.25, 0.3) is 0 Å². The van der Waals surface area contributed by atoms with E-state index < -0.39 is 0 Å². The van der Waals surface area contributed by atoms with Gasteiger partial charge in [-0.3, -0.25) is 0 Å². The van der Waals surface area contributed by atoms with Gasteiger partial charge in [-0.15, -0.1) is 0 Å². The molecule has 2 N–H and O–H groups in total. The SMILES string of the molecule is CCC(N)C(OCCOC)c1ccc(C)cc1. The summed E-state index contributed by atoms with van der Waals surface area (Å²) in [7, 11) is 1.67. The molecule has 0 radical (unpaired) electrons. The van der Waals surface area contributed by atoms with Crippen molar-refractivity contribution >= 4 is 0 Å². The van der Waals surface area contributed by atoms with Gasteiger partial charge >= 0.3 is 0 Å². The Bertz CT molecular complexity index is 311. The third-order valence-corrected chi connectivity index (χ3v) is 2.85. The molecule has 0 amide bonds. The van der Waals surface area contributed by atoms with Crippen molar-refractivity contribution in [3.05, 3.63) is 35.4 Å².